The number of carbonyl (C=O) groups excluding carboxylic acids is 1. The highest BCUT2D eigenvalue weighted by Crippen LogP contribution is 2.47. The van der Waals surface area contributed by atoms with Crippen LogP contribution in [-0.4, -0.2) is 17.3 Å². The van der Waals surface area contributed by atoms with Gasteiger partial charge in [-0.25, -0.2) is 9.53 Å². The molecule has 1 unspecified atom stereocenters. The molecule has 0 radical (unpaired) electrons. The van der Waals surface area contributed by atoms with Crippen LogP contribution in [0, 0.1) is 0 Å². The molecule has 6 nitrogen and oxygen atoms in total. The maximum absolute atomic E-state index is 14.3. The van der Waals surface area contributed by atoms with Crippen molar-refractivity contribution in [3.8, 4) is 5.75 Å². The first-order valence-corrected chi connectivity index (χ1v) is 12.8. The Morgan fingerprint density at radius 3 is 2.28 bits per heavy atom. The Kier molecular flexibility index (Phi) is 7.73. The molecule has 2 amide bonds. The smallest absolute Gasteiger partial charge is 0.409 e. The monoisotopic (exact) mass is 625 g/mol. The van der Waals surface area contributed by atoms with E-state index in [4.69, 9.17) is 11.6 Å². The van der Waals surface area contributed by atoms with Crippen molar-refractivity contribution in [1.82, 2.24) is 10.3 Å². The van der Waals surface area contributed by atoms with Crippen LogP contribution >= 0.6 is 11.6 Å². The van der Waals surface area contributed by atoms with E-state index in [2.05, 4.69) is 25.1 Å². The van der Waals surface area contributed by atoms with E-state index in [-0.39, 0.29) is 28.4 Å². The minimum Gasteiger partial charge on any atom is -0.409 e. The highest BCUT2D eigenvalue weighted by atomic mass is 35.5. The lowest BCUT2D eigenvalue weighted by molar-refractivity contribution is -0.461. The molecule has 0 fully saturated rings. The van der Waals surface area contributed by atoms with E-state index in [0.29, 0.717) is 11.6 Å². The minimum absolute atomic E-state index is 0.00263. The van der Waals surface area contributed by atoms with Gasteiger partial charge in [0.05, 0.1) is 21.8 Å². The van der Waals surface area contributed by atoms with Crippen LogP contribution in [0.1, 0.15) is 27.9 Å². The fourth-order valence-electron chi connectivity index (χ4n) is 4.65. The fourth-order valence-corrected chi connectivity index (χ4v) is 4.76. The van der Waals surface area contributed by atoms with Crippen molar-refractivity contribution in [2.45, 2.75) is 30.5 Å². The zero-order valence-corrected chi connectivity index (χ0v) is 22.3. The molecule has 5 rings (SSSR count). The number of alkyl halides is 7. The number of pyridine rings is 1. The third kappa shape index (κ3) is 6.52. The summed E-state index contributed by atoms with van der Waals surface area (Å²) in [4.78, 5) is 17.8. The molecule has 43 heavy (non-hydrogen) atoms. The van der Waals surface area contributed by atoms with Gasteiger partial charge >= 0.3 is 24.6 Å². The first-order chi connectivity index (χ1) is 20.2. The summed E-state index contributed by atoms with van der Waals surface area (Å²) >= 11 is 6.03. The average Bonchev–Trinajstić information content (AvgIpc) is 2.93. The molecule has 3 aromatic carbocycles. The van der Waals surface area contributed by atoms with Crippen molar-refractivity contribution < 1.29 is 45.0 Å². The summed E-state index contributed by atoms with van der Waals surface area (Å²) in [5, 5.41) is 5.23. The van der Waals surface area contributed by atoms with E-state index in [1.807, 2.05) is 0 Å². The Balaban J connectivity index is 1.58. The lowest BCUT2D eigenvalue weighted by Gasteiger charge is -2.36. The van der Waals surface area contributed by atoms with E-state index in [0.717, 1.165) is 24.3 Å². The van der Waals surface area contributed by atoms with Crippen molar-refractivity contribution in [2.24, 2.45) is 0 Å². The van der Waals surface area contributed by atoms with Gasteiger partial charge in [0.2, 0.25) is 0 Å². The van der Waals surface area contributed by atoms with Gasteiger partial charge < -0.3 is 15.4 Å². The largest absolute Gasteiger partial charge is 0.540 e. The van der Waals surface area contributed by atoms with Crippen LogP contribution in [0.15, 0.2) is 91.1 Å². The average molecular weight is 626 g/mol. The number of urea groups is 1. The Hall–Kier alpha value is -4.36. The molecule has 0 aliphatic carbocycles. The van der Waals surface area contributed by atoms with Gasteiger partial charge in [-0.3, -0.25) is 4.98 Å². The molecule has 1 aliphatic heterocycles. The molecule has 0 saturated heterocycles. The predicted octanol–water partition coefficient (Wildman–Crippen LogP) is 8.07. The number of anilines is 1. The summed E-state index contributed by atoms with van der Waals surface area (Å²) in [6, 6.07) is 17.1. The van der Waals surface area contributed by atoms with Gasteiger partial charge in [0.25, 0.3) is 0 Å². The first-order valence-electron chi connectivity index (χ1n) is 12.4. The molecule has 0 bridgehead atoms. The molecule has 2 heterocycles. The summed E-state index contributed by atoms with van der Waals surface area (Å²) < 4.78 is 104. The first kappa shape index (κ1) is 30.1. The van der Waals surface area contributed by atoms with E-state index in [1.54, 1.807) is 30.3 Å². The molecular formula is C29H19ClF7N3O3. The normalized spacial score (nSPS) is 16.7. The summed E-state index contributed by atoms with van der Waals surface area (Å²) in [5.41, 5.74) is -3.41. The molecule has 1 aliphatic rings. The van der Waals surface area contributed by atoms with Crippen molar-refractivity contribution in [2.75, 3.05) is 5.32 Å². The molecule has 224 valence electrons. The van der Waals surface area contributed by atoms with Gasteiger partial charge in [-0.05, 0) is 53.6 Å². The molecule has 14 heteroatoms. The Labute approximate surface area is 244 Å². The van der Waals surface area contributed by atoms with Gasteiger partial charge in [0.1, 0.15) is 11.3 Å². The van der Waals surface area contributed by atoms with E-state index in [9.17, 15) is 35.5 Å². The topological polar surface area (TPSA) is 72.5 Å². The van der Waals surface area contributed by atoms with Crippen LogP contribution in [0.2, 0.25) is 5.02 Å². The molecule has 0 spiro atoms. The lowest BCUT2D eigenvalue weighted by Crippen LogP contribution is -2.50. The molecule has 0 saturated carbocycles. The number of rotatable bonds is 6. The lowest BCUT2D eigenvalue weighted by atomic mass is 9.80. The highest BCUT2D eigenvalue weighted by molar-refractivity contribution is 6.30. The highest BCUT2D eigenvalue weighted by Gasteiger charge is 2.54. The molecular weight excluding hydrogens is 607 g/mol. The second-order valence-electron chi connectivity index (χ2n) is 9.48. The van der Waals surface area contributed by atoms with E-state index < -0.39 is 47.0 Å². The maximum atomic E-state index is 14.3. The number of nitrogens with zero attached hydrogens (tertiary/aromatic N) is 1. The standard InChI is InChI=1S/C29H19ClF7N3O3/c30-20-9-12-24(38-16-20)26(15-17-5-2-1-3-6-17,18-7-4-8-19(13-18)27(31,32)33)40-25(41)39-21-10-11-23-22(14-21)28(34,35)43-29(36,37)42-23/h1-14,16H,15H2,(H2,39,40,41). The van der Waals surface area contributed by atoms with Crippen molar-refractivity contribution in [3.63, 3.8) is 0 Å². The van der Waals surface area contributed by atoms with Gasteiger partial charge in [0, 0.05) is 18.3 Å². The third-order valence-corrected chi connectivity index (χ3v) is 6.74. The number of carbonyl (C=O) groups is 1. The molecule has 4 aromatic rings. The van der Waals surface area contributed by atoms with Crippen molar-refractivity contribution in [1.29, 1.82) is 0 Å². The van der Waals surface area contributed by atoms with E-state index >= 15 is 0 Å². The van der Waals surface area contributed by atoms with Crippen LogP contribution in [-0.2, 0) is 29.0 Å². The number of amides is 2. The van der Waals surface area contributed by atoms with E-state index in [1.165, 1.54) is 30.5 Å². The predicted molar refractivity (Wildman–Crippen MR) is 141 cm³/mol. The number of halogens is 8. The minimum atomic E-state index is -4.72. The number of ether oxygens (including phenoxy) is 2. The zero-order valence-electron chi connectivity index (χ0n) is 21.6. The van der Waals surface area contributed by atoms with Crippen LogP contribution in [0.4, 0.5) is 41.2 Å². The summed E-state index contributed by atoms with van der Waals surface area (Å²) in [6.45, 7) is 0. The number of benzene rings is 3. The van der Waals surface area contributed by atoms with Gasteiger partial charge in [-0.2, -0.15) is 22.0 Å². The van der Waals surface area contributed by atoms with Crippen LogP contribution < -0.4 is 15.4 Å². The van der Waals surface area contributed by atoms with Gasteiger partial charge in [-0.1, -0.05) is 54.1 Å². The van der Waals surface area contributed by atoms with Crippen LogP contribution in [0.5, 0.6) is 5.75 Å². The number of aromatic nitrogens is 1. The third-order valence-electron chi connectivity index (χ3n) is 6.51. The second kappa shape index (κ2) is 11.0. The number of fused-ring (bicyclic) bond motifs is 1. The maximum Gasteiger partial charge on any atom is 0.540 e. The molecule has 1 aromatic heterocycles. The summed E-state index contributed by atoms with van der Waals surface area (Å²) in [5.74, 6) is -0.875. The molecule has 2 N–H and O–H groups in total. The number of hydrogen-bond donors (Lipinski definition) is 2. The van der Waals surface area contributed by atoms with Gasteiger partial charge in [-0.15, -0.1) is 8.78 Å². The van der Waals surface area contributed by atoms with Crippen LogP contribution in [0.3, 0.4) is 0 Å². The Bertz CT molecular complexity index is 1640. The second-order valence-corrected chi connectivity index (χ2v) is 9.92. The molecule has 1 atom stereocenters. The van der Waals surface area contributed by atoms with Crippen LogP contribution in [0.25, 0.3) is 0 Å². The fraction of sp³-hybridized carbons (Fsp3) is 0.172. The number of hydrogen-bond acceptors (Lipinski definition) is 4. The quantitative estimate of drug-likeness (QED) is 0.213. The number of nitrogens with one attached hydrogen (secondary N) is 2. The van der Waals surface area contributed by atoms with Gasteiger partial charge in [0.15, 0.2) is 0 Å². The SMILES string of the molecule is O=C(Nc1ccc2c(c1)C(F)(F)OC(F)(F)O2)NC(Cc1ccccc1)(c1cccc(C(F)(F)F)c1)c1ccc(Cl)cn1. The Morgan fingerprint density at radius 1 is 0.884 bits per heavy atom. The van der Waals surface area contributed by atoms with Crippen molar-refractivity contribution in [3.05, 3.63) is 124 Å². The zero-order chi connectivity index (χ0) is 31.0. The van der Waals surface area contributed by atoms with Crippen molar-refractivity contribution >= 4 is 23.3 Å². The summed E-state index contributed by atoms with van der Waals surface area (Å²) in [7, 11) is 0. The summed E-state index contributed by atoms with van der Waals surface area (Å²) in [6.07, 6.45) is -12.6. The Morgan fingerprint density at radius 2 is 1.60 bits per heavy atom.